The molecule has 80 heavy (non-hydrogen) atoms. The number of piperazine rings is 1. The lowest BCUT2D eigenvalue weighted by Crippen LogP contribution is -2.58. The topological polar surface area (TPSA) is 211 Å². The number of nitriles is 1. The van der Waals surface area contributed by atoms with Gasteiger partial charge in [-0.1, -0.05) is 69.3 Å². The minimum Gasteiger partial charge on any atom is -0.462 e. The highest BCUT2D eigenvalue weighted by molar-refractivity contribution is 7.23. The van der Waals surface area contributed by atoms with Gasteiger partial charge in [-0.15, -0.1) is 11.3 Å². The Labute approximate surface area is 471 Å². The minimum absolute atomic E-state index is 0.00245. The van der Waals surface area contributed by atoms with E-state index in [4.69, 9.17) is 31.8 Å². The molecule has 4 saturated heterocycles. The molecule has 0 radical (unpaired) electrons. The second-order valence-corrected chi connectivity index (χ2v) is 23.8. The van der Waals surface area contributed by atoms with Crippen molar-refractivity contribution in [3.63, 3.8) is 0 Å². The van der Waals surface area contributed by atoms with Crippen molar-refractivity contribution in [3.8, 4) is 23.2 Å². The summed E-state index contributed by atoms with van der Waals surface area (Å²) in [6.07, 6.45) is 3.42. The first kappa shape index (κ1) is 58.3. The number of nitrogen functional groups attached to an aromatic ring is 1. The van der Waals surface area contributed by atoms with Gasteiger partial charge in [-0.2, -0.15) is 15.2 Å². The third-order valence-electron chi connectivity index (χ3n) is 15.6. The zero-order chi connectivity index (χ0) is 57.3. The second kappa shape index (κ2) is 24.4. The minimum atomic E-state index is -1.03. The largest absolute Gasteiger partial charge is 0.462 e. The number of benzene rings is 3. The van der Waals surface area contributed by atoms with Gasteiger partial charge < -0.3 is 46.1 Å². The Bertz CT molecular complexity index is 3260. The smallest absolute Gasteiger partial charge is 0.319 e. The number of aliphatic hydroxyl groups excluding tert-OH is 1. The van der Waals surface area contributed by atoms with Gasteiger partial charge in [-0.25, -0.2) is 17.6 Å². The molecule has 2 bridgehead atoms. The number of anilines is 2. The van der Waals surface area contributed by atoms with Crippen LogP contribution in [0.5, 0.6) is 6.01 Å². The first-order valence-corrected chi connectivity index (χ1v) is 28.3. The highest BCUT2D eigenvalue weighted by atomic mass is 35.5. The monoisotopic (exact) mass is 1140 g/mol. The van der Waals surface area contributed by atoms with Crippen LogP contribution in [0.3, 0.4) is 0 Å². The number of likely N-dealkylation sites (tertiary alicyclic amines) is 2. The SMILES string of the molecule is C=C(F)/C(=C(\C)F)c1ccc([C@H](C)NC(=O)[C@@H]2C[C@@H](O)CN2C(=O)[C@@H](NC(=O)CCOCCCN2CCCC2COc2nc(N3CC4CCC(C3)N4)c3cc(Cl)c(-c4ccc(F)c5sc(N)c(C#N)c45)c(F)c3n2)C(C)(C)C)cc1. The summed E-state index contributed by atoms with van der Waals surface area (Å²) in [4.78, 5) is 56.6. The third-order valence-corrected chi connectivity index (χ3v) is 17.0. The molecule has 16 nitrogen and oxygen atoms in total. The summed E-state index contributed by atoms with van der Waals surface area (Å²) < 4.78 is 72.7. The lowest BCUT2D eigenvalue weighted by atomic mass is 9.85. The number of halogens is 5. The summed E-state index contributed by atoms with van der Waals surface area (Å²) >= 11 is 7.85. The molecule has 4 fully saturated rings. The molecule has 3 unspecified atom stereocenters. The Morgan fingerprint density at radius 3 is 2.45 bits per heavy atom. The van der Waals surface area contributed by atoms with Crippen molar-refractivity contribution < 1.29 is 46.5 Å². The van der Waals surface area contributed by atoms with Crippen molar-refractivity contribution in [2.75, 3.05) is 63.2 Å². The van der Waals surface area contributed by atoms with Gasteiger partial charge in [0.25, 0.3) is 0 Å². The quantitative estimate of drug-likeness (QED) is 0.0297. The molecule has 9 rings (SSSR count). The summed E-state index contributed by atoms with van der Waals surface area (Å²) in [6, 6.07) is 10.5. The van der Waals surface area contributed by atoms with E-state index in [0.29, 0.717) is 49.4 Å². The maximum atomic E-state index is 17.3. The molecule has 4 aliphatic heterocycles. The van der Waals surface area contributed by atoms with Gasteiger partial charge in [-0.3, -0.25) is 19.3 Å². The molecule has 7 atom stereocenters. The van der Waals surface area contributed by atoms with E-state index < -0.39 is 70.7 Å². The van der Waals surface area contributed by atoms with Crippen LogP contribution in [0.15, 0.2) is 60.7 Å². The highest BCUT2D eigenvalue weighted by Crippen LogP contribution is 2.46. The number of rotatable bonds is 19. The molecule has 6 heterocycles. The van der Waals surface area contributed by atoms with E-state index in [-0.39, 0.29) is 110 Å². The first-order chi connectivity index (χ1) is 38.1. The molecular formula is C58H67ClF4N10O6S. The summed E-state index contributed by atoms with van der Waals surface area (Å²) in [5, 5.41) is 30.8. The van der Waals surface area contributed by atoms with Crippen LogP contribution in [0.4, 0.5) is 28.4 Å². The normalized spacial score (nSPS) is 21.4. The van der Waals surface area contributed by atoms with Crippen LogP contribution in [-0.4, -0.2) is 131 Å². The number of β-amino-alcohol motifs (C(OH)–C–C–N with tert-alkyl or cyclic N) is 1. The number of aliphatic hydroxyl groups is 1. The van der Waals surface area contributed by atoms with E-state index in [2.05, 4.69) is 37.3 Å². The van der Waals surface area contributed by atoms with Crippen molar-refractivity contribution in [2.45, 2.75) is 122 Å². The van der Waals surface area contributed by atoms with E-state index in [1.165, 1.54) is 29.2 Å². The number of hydrogen-bond donors (Lipinski definition) is 5. The first-order valence-electron chi connectivity index (χ1n) is 27.1. The molecule has 5 aromatic rings. The predicted octanol–water partition coefficient (Wildman–Crippen LogP) is 9.03. The number of amides is 3. The zero-order valence-electron chi connectivity index (χ0n) is 45.4. The second-order valence-electron chi connectivity index (χ2n) is 22.4. The van der Waals surface area contributed by atoms with E-state index in [1.807, 2.05) is 6.07 Å². The van der Waals surface area contributed by atoms with Crippen molar-refractivity contribution >= 4 is 78.0 Å². The maximum absolute atomic E-state index is 17.3. The van der Waals surface area contributed by atoms with Crippen molar-refractivity contribution in [1.82, 2.24) is 35.7 Å². The predicted molar refractivity (Wildman–Crippen MR) is 301 cm³/mol. The molecule has 0 spiro atoms. The average molecular weight is 1140 g/mol. The average Bonchev–Trinajstić information content (AvgIpc) is 4.25. The maximum Gasteiger partial charge on any atom is 0.319 e. The number of nitrogens with two attached hydrogens (primary N) is 1. The number of carbonyl (C=O) groups is 3. The van der Waals surface area contributed by atoms with Crippen molar-refractivity contribution in [1.29, 1.82) is 5.26 Å². The van der Waals surface area contributed by atoms with Gasteiger partial charge >= 0.3 is 6.01 Å². The van der Waals surface area contributed by atoms with E-state index in [0.717, 1.165) is 50.5 Å². The molecule has 2 aromatic heterocycles. The molecule has 6 N–H and O–H groups in total. The lowest BCUT2D eigenvalue weighted by molar-refractivity contribution is -0.144. The van der Waals surface area contributed by atoms with Gasteiger partial charge in [0.15, 0.2) is 5.82 Å². The fraction of sp³-hybridized carbons (Fsp3) is 0.483. The molecule has 0 aliphatic carbocycles. The molecule has 4 aliphatic rings. The van der Waals surface area contributed by atoms with Crippen LogP contribution in [-0.2, 0) is 19.1 Å². The number of aromatic nitrogens is 2. The van der Waals surface area contributed by atoms with Crippen LogP contribution in [0.1, 0.15) is 102 Å². The van der Waals surface area contributed by atoms with Crippen LogP contribution in [0, 0.1) is 28.4 Å². The number of ether oxygens (including phenoxy) is 2. The number of nitrogens with one attached hydrogen (secondary N) is 3. The summed E-state index contributed by atoms with van der Waals surface area (Å²) in [7, 11) is 0. The van der Waals surface area contributed by atoms with Gasteiger partial charge in [0.1, 0.15) is 58.6 Å². The highest BCUT2D eigenvalue weighted by Gasteiger charge is 2.45. The third kappa shape index (κ3) is 12.4. The fourth-order valence-electron chi connectivity index (χ4n) is 11.6. The number of hydrogen-bond acceptors (Lipinski definition) is 14. The van der Waals surface area contributed by atoms with E-state index >= 15 is 8.78 Å². The van der Waals surface area contributed by atoms with Crippen LogP contribution >= 0.6 is 22.9 Å². The molecule has 426 valence electrons. The molecule has 0 saturated carbocycles. The van der Waals surface area contributed by atoms with Crippen molar-refractivity contribution in [3.05, 3.63) is 94.0 Å². The Morgan fingerprint density at radius 2 is 1.77 bits per heavy atom. The van der Waals surface area contributed by atoms with Gasteiger partial charge in [0.2, 0.25) is 17.7 Å². The Kier molecular flexibility index (Phi) is 17.7. The standard InChI is InChI=1S/C58H67ClF4N10O6S/c1-30(60)46(31(2)61)34-12-10-33(11-13-34)32(3)66-55(76)44-23-38(74)28-73(44)56(77)52(58(4,5)6)68-45(75)18-22-78-21-8-20-71-19-7-9-37(71)29-79-57-69-50-40(54(70-57)72-26-35-14-15-36(27-72)67-35)24-42(59)48(49(50)63)39-16-17-43(62)51-47(39)41(25-64)53(65)80-51/h10-13,16-17,24,32,35-38,44,52,67,74H,1,7-9,14-15,18-23,26-29,65H2,2-6H3,(H,66,76)(H,68,75)/b46-31-/t32-,35?,36?,37?,38+,44-,52+/m0/s1. The molecule has 3 aromatic carbocycles. The number of fused-ring (bicyclic) bond motifs is 4. The Balaban J connectivity index is 0.793. The Morgan fingerprint density at radius 1 is 1.05 bits per heavy atom. The van der Waals surface area contributed by atoms with Crippen molar-refractivity contribution in [2.24, 2.45) is 5.41 Å². The van der Waals surface area contributed by atoms with E-state index in [1.54, 1.807) is 45.9 Å². The fourth-order valence-corrected chi connectivity index (χ4v) is 12.8. The molecular weight excluding hydrogens is 1080 g/mol. The zero-order valence-corrected chi connectivity index (χ0v) is 47.0. The summed E-state index contributed by atoms with van der Waals surface area (Å²) in [6.45, 7) is 14.8. The lowest BCUT2D eigenvalue weighted by Gasteiger charge is -2.35. The summed E-state index contributed by atoms with van der Waals surface area (Å²) in [5.74, 6) is -3.91. The van der Waals surface area contributed by atoms with Gasteiger partial charge in [0, 0.05) is 85.7 Å². The summed E-state index contributed by atoms with van der Waals surface area (Å²) in [5.41, 5.74) is 6.25. The molecule has 22 heteroatoms. The van der Waals surface area contributed by atoms with Crippen LogP contribution < -0.4 is 31.3 Å². The van der Waals surface area contributed by atoms with Gasteiger partial charge in [0.05, 0.1) is 34.0 Å². The number of nitrogens with zero attached hydrogens (tertiary/aromatic N) is 6. The number of carbonyl (C=O) groups excluding carboxylic acids is 3. The number of thiophene rings is 1. The van der Waals surface area contributed by atoms with Gasteiger partial charge in [-0.05, 0) is 86.7 Å². The number of allylic oxidation sites excluding steroid dienone is 3. The van der Waals surface area contributed by atoms with Crippen LogP contribution in [0.25, 0.3) is 37.7 Å². The van der Waals surface area contributed by atoms with E-state index in [9.17, 15) is 33.5 Å². The van der Waals surface area contributed by atoms with Crippen LogP contribution in [0.2, 0.25) is 5.02 Å². The Hall–Kier alpha value is -6.41. The molecule has 3 amide bonds.